The van der Waals surface area contributed by atoms with Crippen molar-refractivity contribution < 1.29 is 18.3 Å². The maximum atomic E-state index is 13.0. The summed E-state index contributed by atoms with van der Waals surface area (Å²) in [4.78, 5) is 27.2. The van der Waals surface area contributed by atoms with Crippen molar-refractivity contribution in [1.29, 1.82) is 5.26 Å². The van der Waals surface area contributed by atoms with Crippen molar-refractivity contribution >= 4 is 38.4 Å². The monoisotopic (exact) mass is 510 g/mol. The van der Waals surface area contributed by atoms with Crippen molar-refractivity contribution in [2.24, 2.45) is 5.92 Å². The third-order valence-corrected chi connectivity index (χ3v) is 9.31. The minimum absolute atomic E-state index is 0.0506. The zero-order chi connectivity index (χ0) is 25.8. The molecule has 0 amide bonds. The number of anilines is 2. The predicted octanol–water partition coefficient (Wildman–Crippen LogP) is 3.09. The van der Waals surface area contributed by atoms with Crippen LogP contribution in [-0.4, -0.2) is 44.1 Å². The Bertz CT molecular complexity index is 1580. The molecule has 188 valence electrons. The largest absolute Gasteiger partial charge is 0.480 e. The maximum Gasteiger partial charge on any atom is 0.324 e. The van der Waals surface area contributed by atoms with Crippen molar-refractivity contribution in [2.75, 3.05) is 5.32 Å². The Morgan fingerprint density at radius 2 is 2.03 bits per heavy atom. The number of carbonyl (C=O) groups is 1. The molecule has 36 heavy (non-hydrogen) atoms. The van der Waals surface area contributed by atoms with Crippen molar-refractivity contribution in [2.45, 2.75) is 62.6 Å². The van der Waals surface area contributed by atoms with Crippen LogP contribution < -0.4 is 10.9 Å². The second-order valence-corrected chi connectivity index (χ2v) is 11.6. The number of aromatic amines is 1. The van der Waals surface area contributed by atoms with Crippen LogP contribution in [0.1, 0.15) is 51.1 Å². The first-order chi connectivity index (χ1) is 17.1. The molecule has 0 saturated heterocycles. The van der Waals surface area contributed by atoms with E-state index in [1.54, 1.807) is 29.1 Å². The first-order valence-corrected chi connectivity index (χ1v) is 13.2. The normalized spacial score (nSPS) is 21.7. The highest BCUT2D eigenvalue weighted by molar-refractivity contribution is 7.89. The fourth-order valence-corrected chi connectivity index (χ4v) is 7.05. The second-order valence-electron chi connectivity index (χ2n) is 9.77. The van der Waals surface area contributed by atoms with E-state index >= 15 is 0 Å². The SMILES string of the molecule is CC(C)(C(=O)O)N1Cc2cc(Nc3nn(C4CCCCC4C#N)c4cc[nH]c(=O)c34)ccc2S1(=O)=O. The average Bonchev–Trinajstić information content (AvgIpc) is 3.34. The van der Waals surface area contributed by atoms with E-state index in [0.717, 1.165) is 30.0 Å². The third-order valence-electron chi connectivity index (χ3n) is 7.19. The van der Waals surface area contributed by atoms with Crippen LogP contribution in [0.25, 0.3) is 10.9 Å². The fourth-order valence-electron chi connectivity index (χ4n) is 5.13. The molecule has 0 bridgehead atoms. The van der Waals surface area contributed by atoms with Crippen molar-refractivity contribution in [1.82, 2.24) is 19.1 Å². The number of sulfonamides is 1. The number of hydrogen-bond acceptors (Lipinski definition) is 7. The fraction of sp³-hybridized carbons (Fsp3) is 0.417. The first-order valence-electron chi connectivity index (χ1n) is 11.7. The number of carboxylic acid groups (broad SMARTS) is 1. The molecule has 2 atom stereocenters. The van der Waals surface area contributed by atoms with Crippen LogP contribution in [0.4, 0.5) is 11.5 Å². The van der Waals surface area contributed by atoms with Crippen LogP contribution in [0, 0.1) is 17.2 Å². The van der Waals surface area contributed by atoms with E-state index in [1.165, 1.54) is 19.9 Å². The summed E-state index contributed by atoms with van der Waals surface area (Å²) in [5, 5.41) is 27.4. The maximum absolute atomic E-state index is 13.0. The molecule has 0 spiro atoms. The molecule has 12 heteroatoms. The van der Waals surface area contributed by atoms with Gasteiger partial charge in [-0.3, -0.25) is 14.3 Å². The molecule has 2 unspecified atom stereocenters. The van der Waals surface area contributed by atoms with E-state index in [9.17, 15) is 28.4 Å². The Balaban J connectivity index is 1.54. The van der Waals surface area contributed by atoms with Gasteiger partial charge >= 0.3 is 5.97 Å². The highest BCUT2D eigenvalue weighted by Crippen LogP contribution is 2.39. The van der Waals surface area contributed by atoms with Crippen LogP contribution in [0.5, 0.6) is 0 Å². The van der Waals surface area contributed by atoms with Crippen LogP contribution in [0.15, 0.2) is 40.2 Å². The molecular weight excluding hydrogens is 484 g/mol. The number of hydrogen-bond donors (Lipinski definition) is 3. The number of aromatic nitrogens is 3. The van der Waals surface area contributed by atoms with Gasteiger partial charge in [0.05, 0.1) is 28.4 Å². The summed E-state index contributed by atoms with van der Waals surface area (Å²) in [7, 11) is -3.98. The molecule has 1 saturated carbocycles. The van der Waals surface area contributed by atoms with Gasteiger partial charge in [0.25, 0.3) is 5.56 Å². The van der Waals surface area contributed by atoms with Crippen molar-refractivity contribution in [3.63, 3.8) is 0 Å². The van der Waals surface area contributed by atoms with Gasteiger partial charge in [-0.1, -0.05) is 12.8 Å². The first kappa shape index (κ1) is 24.0. The number of benzene rings is 1. The lowest BCUT2D eigenvalue weighted by Crippen LogP contribution is -2.49. The molecule has 5 rings (SSSR count). The molecule has 2 aromatic heterocycles. The van der Waals surface area contributed by atoms with Gasteiger partial charge in [-0.25, -0.2) is 8.42 Å². The number of H-pyrrole nitrogens is 1. The summed E-state index contributed by atoms with van der Waals surface area (Å²) in [5.74, 6) is -1.15. The van der Waals surface area contributed by atoms with Gasteiger partial charge in [-0.15, -0.1) is 0 Å². The van der Waals surface area contributed by atoms with E-state index in [0.29, 0.717) is 28.0 Å². The molecule has 3 aromatic rings. The molecule has 3 heterocycles. The summed E-state index contributed by atoms with van der Waals surface area (Å²) in [6, 6.07) is 8.62. The number of nitriles is 1. The number of fused-ring (bicyclic) bond motifs is 2. The molecule has 11 nitrogen and oxygen atoms in total. The standard InChI is InChI=1S/C24H26N6O5S/c1-24(2,23(32)33)29-13-15-11-16(7-8-19(15)36(29,34)35)27-21-20-18(9-10-26-22(20)31)30(28-21)17-6-4-3-5-14(17)12-25/h7-11,14,17H,3-6,13H2,1-2H3,(H,26,31)(H,27,28)(H,32,33). The summed E-state index contributed by atoms with van der Waals surface area (Å²) >= 11 is 0. The number of nitrogens with one attached hydrogen (secondary N) is 2. The van der Waals surface area contributed by atoms with Gasteiger partial charge in [0.1, 0.15) is 10.9 Å². The second kappa shape index (κ2) is 8.46. The van der Waals surface area contributed by atoms with Gasteiger partial charge in [-0.05, 0) is 56.5 Å². The molecule has 3 N–H and O–H groups in total. The summed E-state index contributed by atoms with van der Waals surface area (Å²) in [6.45, 7) is 2.61. The van der Waals surface area contributed by atoms with Gasteiger partial charge in [0.2, 0.25) is 10.0 Å². The predicted molar refractivity (Wildman–Crippen MR) is 131 cm³/mol. The smallest absolute Gasteiger partial charge is 0.324 e. The lowest BCUT2D eigenvalue weighted by atomic mass is 9.85. The molecule has 1 aromatic carbocycles. The molecule has 2 aliphatic rings. The minimum Gasteiger partial charge on any atom is -0.480 e. The number of pyridine rings is 1. The summed E-state index contributed by atoms with van der Waals surface area (Å²) < 4.78 is 28.8. The van der Waals surface area contributed by atoms with E-state index in [4.69, 9.17) is 5.10 Å². The third kappa shape index (κ3) is 3.66. The van der Waals surface area contributed by atoms with Crippen LogP contribution in [0.2, 0.25) is 0 Å². The number of carboxylic acids is 1. The molecular formula is C24H26N6O5S. The topological polar surface area (TPSA) is 161 Å². The van der Waals surface area contributed by atoms with Crippen molar-refractivity contribution in [3.8, 4) is 6.07 Å². The lowest BCUT2D eigenvalue weighted by molar-refractivity contribution is -0.146. The van der Waals surface area contributed by atoms with Crippen LogP contribution >= 0.6 is 0 Å². The molecule has 1 fully saturated rings. The van der Waals surface area contributed by atoms with E-state index in [2.05, 4.69) is 16.4 Å². The number of nitrogens with zero attached hydrogens (tertiary/aromatic N) is 4. The quantitative estimate of drug-likeness (QED) is 0.472. The Labute approximate surface area is 207 Å². The van der Waals surface area contributed by atoms with Gasteiger partial charge < -0.3 is 15.4 Å². The molecule has 1 aliphatic heterocycles. The Kier molecular flexibility index (Phi) is 5.65. The zero-order valence-corrected chi connectivity index (χ0v) is 20.7. The molecule has 1 aliphatic carbocycles. The Morgan fingerprint density at radius 1 is 1.28 bits per heavy atom. The minimum atomic E-state index is -3.98. The van der Waals surface area contributed by atoms with Gasteiger partial charge in [-0.2, -0.15) is 14.7 Å². The van der Waals surface area contributed by atoms with Crippen LogP contribution in [0.3, 0.4) is 0 Å². The lowest BCUT2D eigenvalue weighted by Gasteiger charge is -2.29. The van der Waals surface area contributed by atoms with E-state index < -0.39 is 21.5 Å². The summed E-state index contributed by atoms with van der Waals surface area (Å²) in [6.07, 6.45) is 5.06. The summed E-state index contributed by atoms with van der Waals surface area (Å²) in [5.41, 5.74) is -0.376. The van der Waals surface area contributed by atoms with E-state index in [1.807, 2.05) is 0 Å². The zero-order valence-electron chi connectivity index (χ0n) is 19.9. The Morgan fingerprint density at radius 3 is 2.75 bits per heavy atom. The van der Waals surface area contributed by atoms with Gasteiger partial charge in [0, 0.05) is 18.4 Å². The highest BCUT2D eigenvalue weighted by Gasteiger charge is 2.47. The molecule has 0 radical (unpaired) electrons. The number of aliphatic carboxylic acids is 1. The Hall–Kier alpha value is -3.69. The average molecular weight is 511 g/mol. The highest BCUT2D eigenvalue weighted by atomic mass is 32.2. The van der Waals surface area contributed by atoms with Crippen molar-refractivity contribution in [3.05, 3.63) is 46.4 Å². The van der Waals surface area contributed by atoms with Crippen LogP contribution in [-0.2, 0) is 21.4 Å². The number of rotatable bonds is 5. The van der Waals surface area contributed by atoms with E-state index in [-0.39, 0.29) is 29.0 Å². The van der Waals surface area contributed by atoms with Gasteiger partial charge in [0.15, 0.2) is 5.82 Å².